The van der Waals surface area contributed by atoms with Crippen LogP contribution in [0.15, 0.2) is 42.6 Å². The maximum absolute atomic E-state index is 12.5. The van der Waals surface area contributed by atoms with Crippen molar-refractivity contribution in [1.82, 2.24) is 15.0 Å². The van der Waals surface area contributed by atoms with Crippen LogP contribution in [-0.2, 0) is 27.2 Å². The van der Waals surface area contributed by atoms with Gasteiger partial charge in [0.25, 0.3) is 5.91 Å². The zero-order valence-corrected chi connectivity index (χ0v) is 20.2. The van der Waals surface area contributed by atoms with E-state index < -0.39 is 36.6 Å². The first-order valence-electron chi connectivity index (χ1n) is 11.7. The van der Waals surface area contributed by atoms with Crippen LogP contribution in [-0.4, -0.2) is 90.9 Å². The van der Waals surface area contributed by atoms with Gasteiger partial charge >= 0.3 is 0 Å². The molecular weight excluding hydrogens is 472 g/mol. The number of carbonyl (C=O) groups is 1. The van der Waals surface area contributed by atoms with Gasteiger partial charge in [0.2, 0.25) is 0 Å². The van der Waals surface area contributed by atoms with Gasteiger partial charge in [-0.15, -0.1) is 5.10 Å². The smallest absolute Gasteiger partial charge is 0.256 e. The van der Waals surface area contributed by atoms with Crippen LogP contribution in [0.4, 0.5) is 5.69 Å². The Bertz CT molecular complexity index is 998. The summed E-state index contributed by atoms with van der Waals surface area (Å²) in [6.07, 6.45) is -1.53. The molecule has 1 aromatic heterocycles. The quantitative estimate of drug-likeness (QED) is 0.218. The van der Waals surface area contributed by atoms with Gasteiger partial charge in [0, 0.05) is 44.5 Å². The number of ether oxygens (including phenoxy) is 2. The SMILES string of the molecule is CO[C@H](c1ccc(NC(=O)[C@H]2O[C@@H](O)[C@H](O)[C@@H](O)[C@@H]2O)cc1)[C@H](C)/C=C/CCn1cc(CCO)nn1. The van der Waals surface area contributed by atoms with E-state index in [4.69, 9.17) is 14.6 Å². The lowest BCUT2D eigenvalue weighted by molar-refractivity contribution is -0.274. The van der Waals surface area contributed by atoms with Crippen LogP contribution in [0.5, 0.6) is 0 Å². The van der Waals surface area contributed by atoms with Gasteiger partial charge < -0.3 is 40.3 Å². The number of aliphatic hydroxyl groups excluding tert-OH is 5. The summed E-state index contributed by atoms with van der Waals surface area (Å²) in [5.74, 6) is -0.716. The van der Waals surface area contributed by atoms with Crippen LogP contribution in [0.3, 0.4) is 0 Å². The predicted molar refractivity (Wildman–Crippen MR) is 127 cm³/mol. The van der Waals surface area contributed by atoms with E-state index in [1.807, 2.05) is 19.2 Å². The number of allylic oxidation sites excluding steroid dienone is 1. The number of rotatable bonds is 11. The summed E-state index contributed by atoms with van der Waals surface area (Å²) in [4.78, 5) is 12.5. The molecule has 198 valence electrons. The second-order valence-electron chi connectivity index (χ2n) is 8.71. The van der Waals surface area contributed by atoms with Gasteiger partial charge in [0.05, 0.1) is 11.8 Å². The highest BCUT2D eigenvalue weighted by Gasteiger charge is 2.46. The number of amides is 1. The van der Waals surface area contributed by atoms with Crippen molar-refractivity contribution in [2.75, 3.05) is 19.0 Å². The minimum Gasteiger partial charge on any atom is -0.396 e. The monoisotopic (exact) mass is 506 g/mol. The average molecular weight is 507 g/mol. The average Bonchev–Trinajstić information content (AvgIpc) is 3.31. The highest BCUT2D eigenvalue weighted by Crippen LogP contribution is 2.28. The first-order chi connectivity index (χ1) is 17.2. The number of aromatic nitrogens is 3. The van der Waals surface area contributed by atoms with E-state index in [0.717, 1.165) is 17.7 Å². The molecular formula is C24H34N4O8. The Morgan fingerprint density at radius 3 is 2.58 bits per heavy atom. The predicted octanol–water partition coefficient (Wildman–Crippen LogP) is -0.479. The number of hydrogen-bond donors (Lipinski definition) is 6. The third-order valence-corrected chi connectivity index (χ3v) is 6.00. The topological polar surface area (TPSA) is 179 Å². The van der Waals surface area contributed by atoms with Crippen molar-refractivity contribution in [3.05, 3.63) is 53.9 Å². The minimum absolute atomic E-state index is 0.0409. The third kappa shape index (κ3) is 6.95. The van der Waals surface area contributed by atoms with E-state index in [-0.39, 0.29) is 18.6 Å². The maximum atomic E-state index is 12.5. The summed E-state index contributed by atoms with van der Waals surface area (Å²) in [6.45, 7) is 2.74. The number of nitrogens with one attached hydrogen (secondary N) is 1. The molecule has 0 radical (unpaired) electrons. The largest absolute Gasteiger partial charge is 0.396 e. The number of hydrogen-bond acceptors (Lipinski definition) is 10. The number of anilines is 1. The Labute approximate surface area is 208 Å². The fourth-order valence-corrected chi connectivity index (χ4v) is 4.00. The number of nitrogens with zero attached hydrogens (tertiary/aromatic N) is 3. The van der Waals surface area contributed by atoms with Gasteiger partial charge in [-0.05, 0) is 24.1 Å². The fraction of sp³-hybridized carbons (Fsp3) is 0.542. The van der Waals surface area contributed by atoms with E-state index in [1.54, 1.807) is 36.1 Å². The van der Waals surface area contributed by atoms with E-state index in [0.29, 0.717) is 18.7 Å². The number of aryl methyl sites for hydroxylation is 1. The van der Waals surface area contributed by atoms with Crippen molar-refractivity contribution in [3.63, 3.8) is 0 Å². The summed E-state index contributed by atoms with van der Waals surface area (Å²) in [5.41, 5.74) is 2.06. The van der Waals surface area contributed by atoms with Crippen molar-refractivity contribution in [3.8, 4) is 0 Å². The Morgan fingerprint density at radius 2 is 1.92 bits per heavy atom. The molecule has 0 unspecified atom stereocenters. The molecule has 0 spiro atoms. The second-order valence-corrected chi connectivity index (χ2v) is 8.71. The molecule has 1 amide bonds. The molecule has 1 aliphatic heterocycles. The molecule has 12 nitrogen and oxygen atoms in total. The molecule has 2 aromatic rings. The molecule has 0 aliphatic carbocycles. The molecule has 0 saturated carbocycles. The molecule has 7 atom stereocenters. The highest BCUT2D eigenvalue weighted by molar-refractivity contribution is 5.94. The zero-order chi connectivity index (χ0) is 26.2. The van der Waals surface area contributed by atoms with Crippen LogP contribution in [0.2, 0.25) is 0 Å². The molecule has 12 heteroatoms. The molecule has 0 bridgehead atoms. The molecule has 1 saturated heterocycles. The van der Waals surface area contributed by atoms with Crippen molar-refractivity contribution < 1.29 is 39.8 Å². The second kappa shape index (κ2) is 13.0. The summed E-state index contributed by atoms with van der Waals surface area (Å²) < 4.78 is 12.4. The van der Waals surface area contributed by atoms with Crippen molar-refractivity contribution in [2.24, 2.45) is 5.92 Å². The zero-order valence-electron chi connectivity index (χ0n) is 20.2. The van der Waals surface area contributed by atoms with Crippen LogP contribution < -0.4 is 5.32 Å². The van der Waals surface area contributed by atoms with Crippen molar-refractivity contribution in [2.45, 2.75) is 63.1 Å². The van der Waals surface area contributed by atoms with E-state index in [1.165, 1.54) is 0 Å². The summed E-state index contributed by atoms with van der Waals surface area (Å²) in [5, 5.41) is 58.5. The van der Waals surface area contributed by atoms with Gasteiger partial charge in [-0.3, -0.25) is 9.48 Å². The van der Waals surface area contributed by atoms with Gasteiger partial charge in [0.1, 0.15) is 18.3 Å². The fourth-order valence-electron chi connectivity index (χ4n) is 4.00. The number of carbonyl (C=O) groups excluding carboxylic acids is 1. The minimum atomic E-state index is -1.79. The Balaban J connectivity index is 1.54. The molecule has 1 aromatic carbocycles. The summed E-state index contributed by atoms with van der Waals surface area (Å²) in [7, 11) is 1.62. The first kappa shape index (κ1) is 27.9. The van der Waals surface area contributed by atoms with Gasteiger partial charge in [-0.2, -0.15) is 0 Å². The number of benzene rings is 1. The molecule has 36 heavy (non-hydrogen) atoms. The molecule has 6 N–H and O–H groups in total. The van der Waals surface area contributed by atoms with Gasteiger partial charge in [-0.25, -0.2) is 0 Å². The van der Waals surface area contributed by atoms with Crippen LogP contribution in [0.25, 0.3) is 0 Å². The standard InChI is InChI=1S/C24H34N4O8/c1-14(5-3-4-11-28-13-17(10-12-29)26-27-28)21(35-2)15-6-8-16(9-7-15)25-23(33)22-19(31)18(30)20(32)24(34)36-22/h3,5-9,13-14,18-22,24,29-32,34H,4,10-12H2,1-2H3,(H,25,33)/b5-3+/t14-,18+,19+,20-,21+,22+,24-/m1/s1. The molecule has 2 heterocycles. The lowest BCUT2D eigenvalue weighted by Crippen LogP contribution is -2.60. The molecule has 1 aliphatic rings. The maximum Gasteiger partial charge on any atom is 0.256 e. The van der Waals surface area contributed by atoms with E-state index in [2.05, 4.69) is 21.7 Å². The highest BCUT2D eigenvalue weighted by atomic mass is 16.6. The molecule has 3 rings (SSSR count). The number of methoxy groups -OCH3 is 1. The van der Waals surface area contributed by atoms with Crippen LogP contribution in [0, 0.1) is 5.92 Å². The summed E-state index contributed by atoms with van der Waals surface area (Å²) in [6, 6.07) is 6.94. The Kier molecular flexibility index (Phi) is 10.1. The number of aliphatic hydroxyl groups is 5. The van der Waals surface area contributed by atoms with Gasteiger partial charge in [-0.1, -0.05) is 36.4 Å². The first-order valence-corrected chi connectivity index (χ1v) is 11.7. The Morgan fingerprint density at radius 1 is 1.19 bits per heavy atom. The van der Waals surface area contributed by atoms with Crippen LogP contribution in [0.1, 0.15) is 30.7 Å². The Hall–Kier alpha value is -2.71. The third-order valence-electron chi connectivity index (χ3n) is 6.00. The molecule has 1 fully saturated rings. The normalized spacial score (nSPS) is 26.1. The van der Waals surface area contributed by atoms with Crippen molar-refractivity contribution >= 4 is 11.6 Å². The lowest BCUT2D eigenvalue weighted by atomic mass is 9.96. The summed E-state index contributed by atoms with van der Waals surface area (Å²) >= 11 is 0. The van der Waals surface area contributed by atoms with Gasteiger partial charge in [0.15, 0.2) is 12.4 Å². The lowest BCUT2D eigenvalue weighted by Gasteiger charge is -2.37. The van der Waals surface area contributed by atoms with Crippen LogP contribution >= 0.6 is 0 Å². The van der Waals surface area contributed by atoms with E-state index in [9.17, 15) is 25.2 Å². The van der Waals surface area contributed by atoms with Crippen molar-refractivity contribution in [1.29, 1.82) is 0 Å². The van der Waals surface area contributed by atoms with E-state index >= 15 is 0 Å².